The number of hydrogen-bond donors (Lipinski definition) is 2. The Hall–Kier alpha value is -1.20. The highest BCUT2D eigenvalue weighted by Gasteiger charge is 2.42. The predicted octanol–water partition coefficient (Wildman–Crippen LogP) is 1.68. The maximum absolute atomic E-state index is 6.14. The van der Waals surface area contributed by atoms with Crippen LogP contribution in [0.15, 0.2) is 6.33 Å². The van der Waals surface area contributed by atoms with E-state index in [2.05, 4.69) is 20.6 Å². The molecule has 2 aliphatic heterocycles. The Morgan fingerprint density at radius 3 is 2.95 bits per heavy atom. The Labute approximate surface area is 125 Å². The van der Waals surface area contributed by atoms with Gasteiger partial charge >= 0.3 is 0 Å². The summed E-state index contributed by atoms with van der Waals surface area (Å²) in [6, 6.07) is 0.401. The number of hydrogen-bond acceptors (Lipinski definition) is 5. The van der Waals surface area contributed by atoms with Crippen LogP contribution < -0.4 is 10.6 Å². The van der Waals surface area contributed by atoms with Crippen molar-refractivity contribution in [1.29, 1.82) is 0 Å². The van der Waals surface area contributed by atoms with Crippen LogP contribution >= 0.6 is 0 Å². The number of nitrogens with zero attached hydrogens (tertiary/aromatic N) is 2. The van der Waals surface area contributed by atoms with E-state index in [0.29, 0.717) is 6.04 Å². The third-order valence-electron chi connectivity index (χ3n) is 5.19. The van der Waals surface area contributed by atoms with Crippen molar-refractivity contribution in [3.63, 3.8) is 0 Å². The molecule has 1 atom stereocenters. The van der Waals surface area contributed by atoms with Gasteiger partial charge in [0.25, 0.3) is 0 Å². The molecule has 2 fully saturated rings. The van der Waals surface area contributed by atoms with Gasteiger partial charge in [0, 0.05) is 18.5 Å². The van der Waals surface area contributed by atoms with Gasteiger partial charge in [-0.3, -0.25) is 0 Å². The first-order valence-corrected chi connectivity index (χ1v) is 8.29. The largest absolute Gasteiger partial charge is 0.373 e. The summed E-state index contributed by atoms with van der Waals surface area (Å²) in [7, 11) is 0. The topological polar surface area (TPSA) is 59.1 Å². The lowest BCUT2D eigenvalue weighted by atomic mass is 9.96. The van der Waals surface area contributed by atoms with Crippen LogP contribution in [0.5, 0.6) is 0 Å². The third kappa shape index (κ3) is 2.64. The number of anilines is 1. The lowest BCUT2D eigenvalue weighted by Crippen LogP contribution is -2.26. The number of rotatable bonds is 2. The van der Waals surface area contributed by atoms with Gasteiger partial charge in [-0.1, -0.05) is 12.8 Å². The minimum absolute atomic E-state index is 0.170. The molecule has 5 nitrogen and oxygen atoms in total. The Morgan fingerprint density at radius 2 is 2.05 bits per heavy atom. The Kier molecular flexibility index (Phi) is 3.55. The molecular weight excluding hydrogens is 264 g/mol. The van der Waals surface area contributed by atoms with Gasteiger partial charge in [0.15, 0.2) is 0 Å². The SMILES string of the molecule is c1nc2c(c(N[C@@H]3COC4(CCCC4)C3)n1)CCNCC2. The lowest BCUT2D eigenvalue weighted by Gasteiger charge is -2.22. The summed E-state index contributed by atoms with van der Waals surface area (Å²) in [4.78, 5) is 8.97. The highest BCUT2D eigenvalue weighted by atomic mass is 16.5. The molecule has 0 aromatic carbocycles. The summed E-state index contributed by atoms with van der Waals surface area (Å²) in [5, 5.41) is 7.08. The van der Waals surface area contributed by atoms with Crippen molar-refractivity contribution in [2.24, 2.45) is 0 Å². The van der Waals surface area contributed by atoms with Crippen LogP contribution in [0.25, 0.3) is 0 Å². The van der Waals surface area contributed by atoms with Crippen molar-refractivity contribution in [3.05, 3.63) is 17.6 Å². The van der Waals surface area contributed by atoms with E-state index in [4.69, 9.17) is 4.74 Å². The summed E-state index contributed by atoms with van der Waals surface area (Å²) >= 11 is 0. The van der Waals surface area contributed by atoms with Gasteiger partial charge in [0.1, 0.15) is 12.1 Å². The van der Waals surface area contributed by atoms with Crippen molar-refractivity contribution >= 4 is 5.82 Å². The molecule has 1 saturated heterocycles. The average molecular weight is 288 g/mol. The Morgan fingerprint density at radius 1 is 1.19 bits per heavy atom. The lowest BCUT2D eigenvalue weighted by molar-refractivity contribution is 0.0103. The molecule has 0 bridgehead atoms. The summed E-state index contributed by atoms with van der Waals surface area (Å²) < 4.78 is 6.14. The van der Waals surface area contributed by atoms with Crippen molar-refractivity contribution in [2.75, 3.05) is 25.0 Å². The van der Waals surface area contributed by atoms with Crippen LogP contribution in [-0.4, -0.2) is 41.3 Å². The van der Waals surface area contributed by atoms with Crippen LogP contribution in [0.4, 0.5) is 5.82 Å². The monoisotopic (exact) mass is 288 g/mol. The fraction of sp³-hybridized carbons (Fsp3) is 0.750. The van der Waals surface area contributed by atoms with Gasteiger partial charge in [-0.2, -0.15) is 0 Å². The second kappa shape index (κ2) is 5.54. The highest BCUT2D eigenvalue weighted by Crippen LogP contribution is 2.41. The standard InChI is InChI=1S/C16H24N4O/c1-2-6-16(5-1)9-12(10-21-16)20-15-13-3-7-17-8-4-14(13)18-11-19-15/h11-12,17H,1-10H2,(H,18,19,20)/t12-/m0/s1. The second-order valence-electron chi connectivity index (χ2n) is 6.64. The Balaban J connectivity index is 1.50. The summed E-state index contributed by atoms with van der Waals surface area (Å²) in [5.74, 6) is 1.03. The fourth-order valence-corrected chi connectivity index (χ4v) is 4.09. The van der Waals surface area contributed by atoms with Gasteiger partial charge in [-0.25, -0.2) is 9.97 Å². The van der Waals surface area contributed by atoms with Crippen LogP contribution in [0.1, 0.15) is 43.4 Å². The second-order valence-corrected chi connectivity index (χ2v) is 6.64. The van der Waals surface area contributed by atoms with Gasteiger partial charge in [-0.15, -0.1) is 0 Å². The van der Waals surface area contributed by atoms with E-state index in [1.165, 1.54) is 36.9 Å². The molecule has 5 heteroatoms. The molecular formula is C16H24N4O. The summed E-state index contributed by atoms with van der Waals surface area (Å²) in [6.45, 7) is 2.84. The first-order chi connectivity index (χ1) is 10.3. The van der Waals surface area contributed by atoms with Gasteiger partial charge in [0.2, 0.25) is 0 Å². The number of nitrogens with one attached hydrogen (secondary N) is 2. The van der Waals surface area contributed by atoms with Gasteiger partial charge in [0.05, 0.1) is 23.9 Å². The molecule has 1 spiro atoms. The molecule has 0 amide bonds. The minimum Gasteiger partial charge on any atom is -0.373 e. The maximum Gasteiger partial charge on any atom is 0.133 e. The molecule has 0 unspecified atom stereocenters. The number of aromatic nitrogens is 2. The normalized spacial score (nSPS) is 27.5. The van der Waals surface area contributed by atoms with Crippen LogP contribution in [-0.2, 0) is 17.6 Å². The third-order valence-corrected chi connectivity index (χ3v) is 5.19. The van der Waals surface area contributed by atoms with Crippen molar-refractivity contribution < 1.29 is 4.74 Å². The first-order valence-electron chi connectivity index (χ1n) is 8.29. The number of fused-ring (bicyclic) bond motifs is 1. The summed E-state index contributed by atoms with van der Waals surface area (Å²) in [5.41, 5.74) is 2.67. The van der Waals surface area contributed by atoms with Crippen molar-refractivity contribution in [1.82, 2.24) is 15.3 Å². The molecule has 1 aliphatic carbocycles. The van der Waals surface area contributed by atoms with Crippen molar-refractivity contribution in [2.45, 2.75) is 56.6 Å². The molecule has 4 rings (SSSR count). The molecule has 1 aromatic heterocycles. The average Bonchev–Trinajstić information content (AvgIpc) is 3.03. The van der Waals surface area contributed by atoms with E-state index in [9.17, 15) is 0 Å². The highest BCUT2D eigenvalue weighted by molar-refractivity contribution is 5.47. The fourth-order valence-electron chi connectivity index (χ4n) is 4.09. The van der Waals surface area contributed by atoms with E-state index in [1.54, 1.807) is 6.33 Å². The smallest absolute Gasteiger partial charge is 0.133 e. The van der Waals surface area contributed by atoms with E-state index in [0.717, 1.165) is 44.8 Å². The van der Waals surface area contributed by atoms with Gasteiger partial charge < -0.3 is 15.4 Å². The zero-order chi connectivity index (χ0) is 14.1. The zero-order valence-corrected chi connectivity index (χ0v) is 12.5. The molecule has 1 saturated carbocycles. The molecule has 1 aromatic rings. The molecule has 2 N–H and O–H groups in total. The van der Waals surface area contributed by atoms with E-state index < -0.39 is 0 Å². The van der Waals surface area contributed by atoms with E-state index >= 15 is 0 Å². The molecule has 0 radical (unpaired) electrons. The maximum atomic E-state index is 6.14. The predicted molar refractivity (Wildman–Crippen MR) is 81.5 cm³/mol. The molecule has 3 aliphatic rings. The van der Waals surface area contributed by atoms with E-state index in [-0.39, 0.29) is 5.60 Å². The van der Waals surface area contributed by atoms with Crippen LogP contribution in [0, 0.1) is 0 Å². The van der Waals surface area contributed by atoms with Crippen LogP contribution in [0.3, 0.4) is 0 Å². The van der Waals surface area contributed by atoms with Gasteiger partial charge in [-0.05, 0) is 32.2 Å². The van der Waals surface area contributed by atoms with Crippen LogP contribution in [0.2, 0.25) is 0 Å². The quantitative estimate of drug-likeness (QED) is 0.867. The van der Waals surface area contributed by atoms with Crippen molar-refractivity contribution in [3.8, 4) is 0 Å². The summed E-state index contributed by atoms with van der Waals surface area (Å²) in [6.07, 6.45) is 9.95. The zero-order valence-electron chi connectivity index (χ0n) is 12.5. The van der Waals surface area contributed by atoms with E-state index in [1.807, 2.05) is 0 Å². The molecule has 21 heavy (non-hydrogen) atoms. The minimum atomic E-state index is 0.170. The molecule has 3 heterocycles. The Bertz CT molecular complexity index is 513. The first kappa shape index (κ1) is 13.5. The molecule has 114 valence electrons. The number of ether oxygens (including phenoxy) is 1.